The molecular weight excluding hydrogens is 349 g/mol. The molecule has 0 bridgehead atoms. The second-order valence-corrected chi connectivity index (χ2v) is 6.64. The molecule has 0 saturated carbocycles. The molecule has 1 aliphatic heterocycles. The van der Waals surface area contributed by atoms with Crippen LogP contribution in [0, 0.1) is 11.8 Å². The lowest BCUT2D eigenvalue weighted by molar-refractivity contribution is -0.117. The van der Waals surface area contributed by atoms with Crippen molar-refractivity contribution >= 4 is 47.2 Å². The second-order valence-electron chi connectivity index (χ2n) is 6.21. The van der Waals surface area contributed by atoms with Gasteiger partial charge in [-0.25, -0.2) is 0 Å². The number of anilines is 2. The molecule has 0 aromatic heterocycles. The molecule has 7 heteroatoms. The highest BCUT2D eigenvalue weighted by Gasteiger charge is 2.22. The highest BCUT2D eigenvalue weighted by atomic mass is 35.5. The number of carbonyl (C=O) groups is 2. The Balaban J connectivity index is 0.00000288. The van der Waals surface area contributed by atoms with Crippen LogP contribution in [0.5, 0.6) is 0 Å². The minimum atomic E-state index is -0.204. The summed E-state index contributed by atoms with van der Waals surface area (Å²) >= 11 is 5.95. The minimum absolute atomic E-state index is 0. The fraction of sp³-hybridized carbons (Fsp3) is 0.529. The van der Waals surface area contributed by atoms with Crippen LogP contribution in [-0.2, 0) is 9.59 Å². The van der Waals surface area contributed by atoms with E-state index in [1.54, 1.807) is 18.2 Å². The van der Waals surface area contributed by atoms with Crippen molar-refractivity contribution in [1.82, 2.24) is 5.32 Å². The van der Waals surface area contributed by atoms with Gasteiger partial charge in [0, 0.05) is 18.4 Å². The molecule has 2 rings (SSSR count). The van der Waals surface area contributed by atoms with E-state index in [1.807, 2.05) is 0 Å². The fourth-order valence-corrected chi connectivity index (χ4v) is 3.12. The molecule has 0 aliphatic carbocycles. The maximum atomic E-state index is 12.3. The Kier molecular flexibility index (Phi) is 8.53. The SMILES string of the molecule is CC(=O)Nc1cc(Cl)ccc1NC(=O)CC(C)C1CCCNC1.Cl. The summed E-state index contributed by atoms with van der Waals surface area (Å²) in [4.78, 5) is 23.6. The van der Waals surface area contributed by atoms with Crippen LogP contribution in [0.25, 0.3) is 0 Å². The third-order valence-corrected chi connectivity index (χ3v) is 4.45. The molecule has 1 aromatic carbocycles. The van der Waals surface area contributed by atoms with E-state index < -0.39 is 0 Å². The molecule has 5 nitrogen and oxygen atoms in total. The van der Waals surface area contributed by atoms with Crippen LogP contribution >= 0.6 is 24.0 Å². The average molecular weight is 374 g/mol. The largest absolute Gasteiger partial charge is 0.324 e. The molecular formula is C17H25Cl2N3O2. The van der Waals surface area contributed by atoms with Crippen molar-refractivity contribution in [2.24, 2.45) is 11.8 Å². The first-order valence-corrected chi connectivity index (χ1v) is 8.41. The summed E-state index contributed by atoms with van der Waals surface area (Å²) in [5.41, 5.74) is 1.09. The lowest BCUT2D eigenvalue weighted by Crippen LogP contribution is -2.34. The van der Waals surface area contributed by atoms with Crippen molar-refractivity contribution in [3.63, 3.8) is 0 Å². The Hall–Kier alpha value is -1.30. The Bertz CT molecular complexity index is 575. The first-order valence-electron chi connectivity index (χ1n) is 8.03. The highest BCUT2D eigenvalue weighted by molar-refractivity contribution is 6.31. The predicted molar refractivity (Wildman–Crippen MR) is 101 cm³/mol. The Morgan fingerprint density at radius 3 is 2.71 bits per heavy atom. The molecule has 1 aliphatic rings. The average Bonchev–Trinajstić information content (AvgIpc) is 2.50. The molecule has 1 saturated heterocycles. The van der Waals surface area contributed by atoms with Crippen molar-refractivity contribution in [2.45, 2.75) is 33.1 Å². The van der Waals surface area contributed by atoms with Gasteiger partial charge in [0.2, 0.25) is 11.8 Å². The third-order valence-electron chi connectivity index (χ3n) is 4.21. The van der Waals surface area contributed by atoms with E-state index in [1.165, 1.54) is 19.8 Å². The van der Waals surface area contributed by atoms with Gasteiger partial charge in [0.15, 0.2) is 0 Å². The summed E-state index contributed by atoms with van der Waals surface area (Å²) in [6.45, 7) is 5.59. The van der Waals surface area contributed by atoms with Gasteiger partial charge in [0.05, 0.1) is 11.4 Å². The van der Waals surface area contributed by atoms with Crippen LogP contribution < -0.4 is 16.0 Å². The number of amides is 2. The van der Waals surface area contributed by atoms with Crippen molar-refractivity contribution in [1.29, 1.82) is 0 Å². The van der Waals surface area contributed by atoms with Crippen LogP contribution in [-0.4, -0.2) is 24.9 Å². The summed E-state index contributed by atoms with van der Waals surface area (Å²) < 4.78 is 0. The third kappa shape index (κ3) is 6.30. The van der Waals surface area contributed by atoms with Gasteiger partial charge in [-0.15, -0.1) is 12.4 Å². The zero-order valence-corrected chi connectivity index (χ0v) is 15.6. The molecule has 0 spiro atoms. The number of rotatable bonds is 5. The molecule has 24 heavy (non-hydrogen) atoms. The monoisotopic (exact) mass is 373 g/mol. The fourth-order valence-electron chi connectivity index (χ4n) is 2.94. The van der Waals surface area contributed by atoms with E-state index in [2.05, 4.69) is 22.9 Å². The predicted octanol–water partition coefficient (Wildman–Crippen LogP) is 3.68. The van der Waals surface area contributed by atoms with E-state index >= 15 is 0 Å². The zero-order valence-electron chi connectivity index (χ0n) is 14.0. The van der Waals surface area contributed by atoms with Gasteiger partial charge in [0.1, 0.15) is 0 Å². The Labute approximate surface area is 154 Å². The number of carbonyl (C=O) groups excluding carboxylic acids is 2. The maximum Gasteiger partial charge on any atom is 0.224 e. The first kappa shape index (κ1) is 20.7. The van der Waals surface area contributed by atoms with Crippen LogP contribution in [0.15, 0.2) is 18.2 Å². The number of halogens is 2. The quantitative estimate of drug-likeness (QED) is 0.736. The minimum Gasteiger partial charge on any atom is -0.324 e. The zero-order chi connectivity index (χ0) is 16.8. The van der Waals surface area contributed by atoms with Gasteiger partial charge in [-0.3, -0.25) is 9.59 Å². The molecule has 3 N–H and O–H groups in total. The number of hydrogen-bond donors (Lipinski definition) is 3. The Morgan fingerprint density at radius 1 is 1.33 bits per heavy atom. The van der Waals surface area contributed by atoms with Gasteiger partial charge in [-0.2, -0.15) is 0 Å². The molecule has 1 heterocycles. The van der Waals surface area contributed by atoms with Gasteiger partial charge in [-0.1, -0.05) is 18.5 Å². The van der Waals surface area contributed by atoms with Crippen LogP contribution in [0.4, 0.5) is 11.4 Å². The highest BCUT2D eigenvalue weighted by Crippen LogP contribution is 2.27. The van der Waals surface area contributed by atoms with Gasteiger partial charge in [-0.05, 0) is 56.0 Å². The van der Waals surface area contributed by atoms with Crippen LogP contribution in [0.3, 0.4) is 0 Å². The van der Waals surface area contributed by atoms with Crippen molar-refractivity contribution in [3.05, 3.63) is 23.2 Å². The molecule has 1 fully saturated rings. The first-order chi connectivity index (χ1) is 11.0. The van der Waals surface area contributed by atoms with Crippen LogP contribution in [0.1, 0.15) is 33.1 Å². The van der Waals surface area contributed by atoms with Crippen molar-refractivity contribution < 1.29 is 9.59 Å². The Morgan fingerprint density at radius 2 is 2.08 bits per heavy atom. The lowest BCUT2D eigenvalue weighted by Gasteiger charge is -2.28. The summed E-state index contributed by atoms with van der Waals surface area (Å²) in [5.74, 6) is 0.607. The van der Waals surface area contributed by atoms with Gasteiger partial charge >= 0.3 is 0 Å². The molecule has 2 unspecified atom stereocenters. The smallest absolute Gasteiger partial charge is 0.224 e. The van der Waals surface area contributed by atoms with Crippen molar-refractivity contribution in [2.75, 3.05) is 23.7 Å². The molecule has 134 valence electrons. The second kappa shape index (κ2) is 9.87. The summed E-state index contributed by atoms with van der Waals surface area (Å²) in [5, 5.41) is 9.46. The standard InChI is InChI=1S/C17H24ClN3O2.ClH/c1-11(13-4-3-7-19-10-13)8-17(23)21-15-6-5-14(18)9-16(15)20-12(2)22;/h5-6,9,11,13,19H,3-4,7-8,10H2,1-2H3,(H,20,22)(H,21,23);1H. The normalized spacial score (nSPS) is 18.2. The lowest BCUT2D eigenvalue weighted by atomic mass is 9.85. The number of nitrogens with one attached hydrogen (secondary N) is 3. The summed E-state index contributed by atoms with van der Waals surface area (Å²) in [7, 11) is 0. The molecule has 1 aromatic rings. The topological polar surface area (TPSA) is 70.2 Å². The number of piperidine rings is 1. The number of benzene rings is 1. The van der Waals surface area contributed by atoms with E-state index in [0.29, 0.717) is 34.7 Å². The summed E-state index contributed by atoms with van der Waals surface area (Å²) in [6.07, 6.45) is 2.80. The van der Waals surface area contributed by atoms with Crippen LogP contribution in [0.2, 0.25) is 5.02 Å². The van der Waals surface area contributed by atoms with Gasteiger partial charge < -0.3 is 16.0 Å². The molecule has 2 atom stereocenters. The van der Waals surface area contributed by atoms with E-state index in [9.17, 15) is 9.59 Å². The molecule has 0 radical (unpaired) electrons. The van der Waals surface area contributed by atoms with E-state index in [-0.39, 0.29) is 24.2 Å². The summed E-state index contributed by atoms with van der Waals surface area (Å²) in [6, 6.07) is 5.03. The maximum absolute atomic E-state index is 12.3. The van der Waals surface area contributed by atoms with Gasteiger partial charge in [0.25, 0.3) is 0 Å². The van der Waals surface area contributed by atoms with Crippen molar-refractivity contribution in [3.8, 4) is 0 Å². The van der Waals surface area contributed by atoms with E-state index in [0.717, 1.165) is 13.1 Å². The van der Waals surface area contributed by atoms with E-state index in [4.69, 9.17) is 11.6 Å². The molecule has 2 amide bonds. The number of hydrogen-bond acceptors (Lipinski definition) is 3.